The summed E-state index contributed by atoms with van der Waals surface area (Å²) in [5, 5.41) is 11.8. The molecule has 0 radical (unpaired) electrons. The summed E-state index contributed by atoms with van der Waals surface area (Å²) < 4.78 is 11.0. The first-order valence-electron chi connectivity index (χ1n) is 15.0. The third kappa shape index (κ3) is 7.20. The third-order valence-electron chi connectivity index (χ3n) is 8.27. The highest BCUT2D eigenvalue weighted by Gasteiger charge is 2.44. The van der Waals surface area contributed by atoms with Crippen molar-refractivity contribution in [3.63, 3.8) is 0 Å². The molecule has 1 aliphatic rings. The largest absolute Gasteiger partial charge is 0.493 e. The van der Waals surface area contributed by atoms with Crippen LogP contribution in [0.2, 0.25) is 0 Å². The number of hydrogen-bond acceptors (Lipinski definition) is 6. The van der Waals surface area contributed by atoms with Crippen molar-refractivity contribution in [2.75, 3.05) is 46.9 Å². The molecule has 1 heterocycles. The van der Waals surface area contributed by atoms with Crippen LogP contribution in [-0.2, 0) is 25.3 Å². The molecule has 0 spiro atoms. The van der Waals surface area contributed by atoms with Gasteiger partial charge >= 0.3 is 5.97 Å². The maximum atomic E-state index is 14.0. The van der Waals surface area contributed by atoms with Gasteiger partial charge < -0.3 is 24.4 Å². The summed E-state index contributed by atoms with van der Waals surface area (Å²) in [6, 6.07) is 27.8. The van der Waals surface area contributed by atoms with Crippen molar-refractivity contribution in [3.8, 4) is 5.75 Å². The quantitative estimate of drug-likeness (QED) is 0.225. The van der Waals surface area contributed by atoms with Crippen molar-refractivity contribution in [2.45, 2.75) is 50.0 Å². The molecule has 0 saturated carbocycles. The van der Waals surface area contributed by atoms with Crippen LogP contribution in [-0.4, -0.2) is 73.7 Å². The van der Waals surface area contributed by atoms with E-state index in [-0.39, 0.29) is 11.9 Å². The highest BCUT2D eigenvalue weighted by molar-refractivity contribution is 5.92. The fourth-order valence-corrected chi connectivity index (χ4v) is 5.99. The number of piperidine rings is 1. The number of benzene rings is 3. The van der Waals surface area contributed by atoms with E-state index >= 15 is 0 Å². The molecule has 0 aliphatic carbocycles. The Hall–Kier alpha value is -3.68. The van der Waals surface area contributed by atoms with Gasteiger partial charge in [-0.15, -0.1) is 0 Å². The maximum absolute atomic E-state index is 14.0. The van der Waals surface area contributed by atoms with Crippen LogP contribution in [0.25, 0.3) is 0 Å². The van der Waals surface area contributed by atoms with E-state index in [4.69, 9.17) is 9.47 Å². The number of rotatable bonds is 13. The van der Waals surface area contributed by atoms with Gasteiger partial charge in [-0.3, -0.25) is 9.59 Å². The van der Waals surface area contributed by atoms with Crippen molar-refractivity contribution in [1.29, 1.82) is 0 Å². The minimum absolute atomic E-state index is 0.0578. The molecule has 1 aliphatic heterocycles. The molecule has 224 valence electrons. The Morgan fingerprint density at radius 3 is 2.05 bits per heavy atom. The summed E-state index contributed by atoms with van der Waals surface area (Å²) in [6.07, 6.45) is 2.59. The summed E-state index contributed by atoms with van der Waals surface area (Å²) in [4.78, 5) is 29.7. The standard InChI is InChI=1S/C35H44N2O5/c1-4-41-32(38)20-13-27-42-31-19-12-11-18-30(31)34(40)21-24-37(25-22-34)26-23-35(33(39)36(2)3,28-14-7-5-8-15-28)29-16-9-6-10-17-29/h5-12,14-19,40H,4,13,20-27H2,1-3H3. The molecule has 1 N–H and O–H groups in total. The van der Waals surface area contributed by atoms with Gasteiger partial charge in [-0.05, 0) is 56.3 Å². The van der Waals surface area contributed by atoms with Gasteiger partial charge in [-0.25, -0.2) is 0 Å². The molecule has 42 heavy (non-hydrogen) atoms. The molecular formula is C35H44N2O5. The number of amides is 1. The molecule has 7 heteroatoms. The summed E-state index contributed by atoms with van der Waals surface area (Å²) in [7, 11) is 3.64. The van der Waals surface area contributed by atoms with Crippen LogP contribution >= 0.6 is 0 Å². The lowest BCUT2D eigenvalue weighted by atomic mass is 9.70. The van der Waals surface area contributed by atoms with Crippen LogP contribution in [0.15, 0.2) is 84.9 Å². The summed E-state index contributed by atoms with van der Waals surface area (Å²) in [6.45, 7) is 4.65. The average Bonchev–Trinajstić information content (AvgIpc) is 3.02. The van der Waals surface area contributed by atoms with E-state index in [1.807, 2.05) is 99.0 Å². The van der Waals surface area contributed by atoms with Crippen molar-refractivity contribution >= 4 is 11.9 Å². The molecule has 0 aromatic heterocycles. The summed E-state index contributed by atoms with van der Waals surface area (Å²) >= 11 is 0. The van der Waals surface area contributed by atoms with Crippen LogP contribution < -0.4 is 4.74 Å². The van der Waals surface area contributed by atoms with E-state index in [1.54, 1.807) is 11.8 Å². The predicted octanol–water partition coefficient (Wildman–Crippen LogP) is 5.16. The number of aliphatic hydroxyl groups is 1. The molecule has 3 aromatic carbocycles. The smallest absolute Gasteiger partial charge is 0.305 e. The lowest BCUT2D eigenvalue weighted by molar-refractivity contribution is -0.143. The summed E-state index contributed by atoms with van der Waals surface area (Å²) in [5.41, 5.74) is 0.925. The van der Waals surface area contributed by atoms with Crippen molar-refractivity contribution in [3.05, 3.63) is 102 Å². The molecule has 1 fully saturated rings. The van der Waals surface area contributed by atoms with Gasteiger partial charge in [-0.1, -0.05) is 78.9 Å². The number of likely N-dealkylation sites (tertiary alicyclic amines) is 1. The van der Waals surface area contributed by atoms with Crippen molar-refractivity contribution in [2.24, 2.45) is 0 Å². The van der Waals surface area contributed by atoms with Gasteiger partial charge in [0.2, 0.25) is 5.91 Å². The van der Waals surface area contributed by atoms with Crippen LogP contribution in [0.3, 0.4) is 0 Å². The Kier molecular flexibility index (Phi) is 10.8. The topological polar surface area (TPSA) is 79.3 Å². The first-order chi connectivity index (χ1) is 20.3. The summed E-state index contributed by atoms with van der Waals surface area (Å²) in [5.74, 6) is 0.486. The molecule has 0 unspecified atom stereocenters. The number of para-hydroxylation sites is 1. The lowest BCUT2D eigenvalue weighted by Gasteiger charge is -2.41. The van der Waals surface area contributed by atoms with Crippen LogP contribution in [0.5, 0.6) is 5.75 Å². The second-order valence-corrected chi connectivity index (χ2v) is 11.2. The highest BCUT2D eigenvalue weighted by atomic mass is 16.5. The molecular weight excluding hydrogens is 528 g/mol. The average molecular weight is 573 g/mol. The highest BCUT2D eigenvalue weighted by Crippen LogP contribution is 2.40. The van der Waals surface area contributed by atoms with E-state index in [0.717, 1.165) is 16.7 Å². The van der Waals surface area contributed by atoms with E-state index in [0.29, 0.717) is 70.7 Å². The van der Waals surface area contributed by atoms with E-state index in [9.17, 15) is 14.7 Å². The van der Waals surface area contributed by atoms with Gasteiger partial charge in [0.1, 0.15) is 11.2 Å². The molecule has 3 aromatic rings. The molecule has 0 bridgehead atoms. The fourth-order valence-electron chi connectivity index (χ4n) is 5.99. The van der Waals surface area contributed by atoms with Gasteiger partial charge in [0.25, 0.3) is 0 Å². The predicted molar refractivity (Wildman–Crippen MR) is 164 cm³/mol. The number of hydrogen-bond donors (Lipinski definition) is 1. The zero-order valence-electron chi connectivity index (χ0n) is 25.1. The SMILES string of the molecule is CCOC(=O)CCCOc1ccccc1C1(O)CCN(CCC(C(=O)N(C)C)(c2ccccc2)c2ccccc2)CC1. The fraction of sp³-hybridized carbons (Fsp3) is 0.429. The van der Waals surface area contributed by atoms with Crippen LogP contribution in [0.4, 0.5) is 0 Å². The first-order valence-corrected chi connectivity index (χ1v) is 15.0. The second-order valence-electron chi connectivity index (χ2n) is 11.2. The Morgan fingerprint density at radius 1 is 0.905 bits per heavy atom. The van der Waals surface area contributed by atoms with Crippen LogP contribution in [0.1, 0.15) is 55.7 Å². The van der Waals surface area contributed by atoms with Gasteiger partial charge in [0.05, 0.1) is 18.8 Å². The second kappa shape index (κ2) is 14.5. The molecule has 7 nitrogen and oxygen atoms in total. The Bertz CT molecular complexity index is 1250. The number of likely N-dealkylation sites (N-methyl/N-ethyl adjacent to an activating group) is 1. The molecule has 4 rings (SSSR count). The van der Waals surface area contributed by atoms with E-state index < -0.39 is 11.0 Å². The number of nitrogens with zero attached hydrogens (tertiary/aromatic N) is 2. The maximum Gasteiger partial charge on any atom is 0.305 e. The van der Waals surface area contributed by atoms with Gasteiger partial charge in [0.15, 0.2) is 0 Å². The van der Waals surface area contributed by atoms with Crippen LogP contribution in [0, 0.1) is 0 Å². The molecule has 1 amide bonds. The number of ether oxygens (including phenoxy) is 2. The minimum Gasteiger partial charge on any atom is -0.493 e. The normalized spacial score (nSPS) is 15.1. The zero-order chi connectivity index (χ0) is 30.0. The monoisotopic (exact) mass is 572 g/mol. The molecule has 0 atom stereocenters. The number of carbonyl (C=O) groups excluding carboxylic acids is 2. The first kappa shape index (κ1) is 31.3. The van der Waals surface area contributed by atoms with E-state index in [1.165, 1.54) is 0 Å². The van der Waals surface area contributed by atoms with Gasteiger partial charge in [-0.2, -0.15) is 0 Å². The Balaban J connectivity index is 1.46. The van der Waals surface area contributed by atoms with Crippen molar-refractivity contribution in [1.82, 2.24) is 9.80 Å². The number of carbonyl (C=O) groups is 2. The zero-order valence-corrected chi connectivity index (χ0v) is 25.1. The minimum atomic E-state index is -1.01. The number of esters is 1. The third-order valence-corrected chi connectivity index (χ3v) is 8.27. The Morgan fingerprint density at radius 2 is 1.48 bits per heavy atom. The lowest BCUT2D eigenvalue weighted by Crippen LogP contribution is -2.49. The van der Waals surface area contributed by atoms with E-state index in [2.05, 4.69) is 4.90 Å². The molecule has 1 saturated heterocycles. The van der Waals surface area contributed by atoms with Gasteiger partial charge in [0, 0.05) is 39.2 Å². The Labute approximate surface area is 250 Å². The van der Waals surface area contributed by atoms with Crippen molar-refractivity contribution < 1.29 is 24.2 Å².